The van der Waals surface area contributed by atoms with E-state index in [1.165, 1.54) is 0 Å². The zero-order chi connectivity index (χ0) is 18.7. The lowest BCUT2D eigenvalue weighted by molar-refractivity contribution is 0.0812. The second kappa shape index (κ2) is 10.4. The van der Waals surface area contributed by atoms with E-state index >= 15 is 0 Å². The summed E-state index contributed by atoms with van der Waals surface area (Å²) in [5, 5.41) is 8.90. The van der Waals surface area contributed by atoms with Gasteiger partial charge in [-0.1, -0.05) is 60.7 Å². The second-order valence-corrected chi connectivity index (χ2v) is 6.14. The van der Waals surface area contributed by atoms with Gasteiger partial charge in [0.25, 0.3) is 0 Å². The van der Waals surface area contributed by atoms with Crippen LogP contribution in [0.25, 0.3) is 0 Å². The minimum atomic E-state index is 0.00155. The lowest BCUT2D eigenvalue weighted by Gasteiger charge is -2.13. The lowest BCUT2D eigenvalue weighted by Crippen LogP contribution is -2.02. The summed E-state index contributed by atoms with van der Waals surface area (Å²) in [7, 11) is 0. The van der Waals surface area contributed by atoms with Gasteiger partial charge in [0, 0.05) is 6.07 Å². The quantitative estimate of drug-likeness (QED) is 0.543. The number of aliphatic hydroxyl groups is 1. The van der Waals surface area contributed by atoms with Gasteiger partial charge in [0.1, 0.15) is 24.7 Å². The molecule has 0 atom stereocenters. The summed E-state index contributed by atoms with van der Waals surface area (Å²) < 4.78 is 17.3. The van der Waals surface area contributed by atoms with Crippen molar-refractivity contribution in [2.45, 2.75) is 19.8 Å². The van der Waals surface area contributed by atoms with Crippen LogP contribution < -0.4 is 9.47 Å². The smallest absolute Gasteiger partial charge is 0.123 e. The molecule has 0 saturated carbocycles. The molecule has 4 nitrogen and oxygen atoms in total. The number of benzene rings is 3. The molecule has 4 heteroatoms. The van der Waals surface area contributed by atoms with E-state index in [-0.39, 0.29) is 6.61 Å². The zero-order valence-electron chi connectivity index (χ0n) is 15.2. The fraction of sp³-hybridized carbons (Fsp3) is 0.217. The van der Waals surface area contributed by atoms with Crippen molar-refractivity contribution < 1.29 is 19.3 Å². The van der Waals surface area contributed by atoms with Crippen LogP contribution in [0.4, 0.5) is 0 Å². The molecule has 0 aliphatic heterocycles. The maximum atomic E-state index is 8.90. The molecule has 0 aliphatic rings. The fourth-order valence-electron chi connectivity index (χ4n) is 2.62. The minimum absolute atomic E-state index is 0.00155. The molecule has 3 aromatic rings. The molecule has 0 aromatic heterocycles. The van der Waals surface area contributed by atoms with Gasteiger partial charge in [0.15, 0.2) is 0 Å². The van der Waals surface area contributed by atoms with E-state index in [2.05, 4.69) is 0 Å². The maximum absolute atomic E-state index is 8.90. The van der Waals surface area contributed by atoms with Gasteiger partial charge >= 0.3 is 0 Å². The molecule has 0 unspecified atom stereocenters. The van der Waals surface area contributed by atoms with Crippen molar-refractivity contribution in [3.63, 3.8) is 0 Å². The lowest BCUT2D eigenvalue weighted by atomic mass is 10.2. The average Bonchev–Trinajstić information content (AvgIpc) is 2.72. The Bertz CT molecular complexity index is 741. The number of ether oxygens (including phenoxy) is 3. The first-order valence-electron chi connectivity index (χ1n) is 8.99. The predicted octanol–water partition coefficient (Wildman–Crippen LogP) is 4.35. The van der Waals surface area contributed by atoms with E-state index in [1.54, 1.807) is 0 Å². The third kappa shape index (κ3) is 6.44. The summed E-state index contributed by atoms with van der Waals surface area (Å²) in [6.07, 6.45) is 0. The molecule has 0 spiro atoms. The molecule has 140 valence electrons. The molecule has 0 saturated heterocycles. The third-order valence-electron chi connectivity index (χ3n) is 3.94. The van der Waals surface area contributed by atoms with E-state index in [0.29, 0.717) is 26.4 Å². The zero-order valence-corrected chi connectivity index (χ0v) is 15.2. The Morgan fingerprint density at radius 2 is 1.11 bits per heavy atom. The second-order valence-electron chi connectivity index (χ2n) is 6.14. The molecule has 3 rings (SSSR count). The first-order chi connectivity index (χ1) is 13.3. The Hall–Kier alpha value is -2.82. The van der Waals surface area contributed by atoms with Crippen molar-refractivity contribution in [2.24, 2.45) is 0 Å². The number of hydrogen-bond donors (Lipinski definition) is 1. The van der Waals surface area contributed by atoms with Crippen molar-refractivity contribution >= 4 is 0 Å². The van der Waals surface area contributed by atoms with Crippen molar-refractivity contribution in [1.82, 2.24) is 0 Å². The SMILES string of the molecule is OCCOCc1cc(OCc2ccccc2)cc(OCc2ccccc2)c1. The van der Waals surface area contributed by atoms with E-state index in [0.717, 1.165) is 28.2 Å². The molecule has 0 radical (unpaired) electrons. The van der Waals surface area contributed by atoms with Crippen molar-refractivity contribution in [2.75, 3.05) is 13.2 Å². The fourth-order valence-corrected chi connectivity index (χ4v) is 2.62. The molecular weight excluding hydrogens is 340 g/mol. The van der Waals surface area contributed by atoms with Crippen LogP contribution in [0.2, 0.25) is 0 Å². The summed E-state index contributed by atoms with van der Waals surface area (Å²) in [5.74, 6) is 1.46. The first kappa shape index (κ1) is 19.0. The molecule has 27 heavy (non-hydrogen) atoms. The largest absolute Gasteiger partial charge is 0.489 e. The van der Waals surface area contributed by atoms with Crippen LogP contribution >= 0.6 is 0 Å². The maximum Gasteiger partial charge on any atom is 0.123 e. The summed E-state index contributed by atoms with van der Waals surface area (Å²) in [5.41, 5.74) is 3.15. The van der Waals surface area contributed by atoms with Crippen LogP contribution in [0.3, 0.4) is 0 Å². The van der Waals surface area contributed by atoms with Crippen LogP contribution in [-0.2, 0) is 24.6 Å². The van der Waals surface area contributed by atoms with Crippen molar-refractivity contribution in [1.29, 1.82) is 0 Å². The highest BCUT2D eigenvalue weighted by Gasteiger charge is 2.05. The van der Waals surface area contributed by atoms with E-state index in [9.17, 15) is 0 Å². The molecule has 1 N–H and O–H groups in total. The highest BCUT2D eigenvalue weighted by atomic mass is 16.5. The van der Waals surface area contributed by atoms with E-state index < -0.39 is 0 Å². The summed E-state index contributed by atoms with van der Waals surface area (Å²) in [6, 6.07) is 25.8. The molecule has 0 fully saturated rings. The van der Waals surface area contributed by atoms with Crippen LogP contribution in [0.1, 0.15) is 16.7 Å². The van der Waals surface area contributed by atoms with Crippen molar-refractivity contribution in [3.8, 4) is 11.5 Å². The van der Waals surface area contributed by atoms with Gasteiger partial charge in [-0.25, -0.2) is 0 Å². The molecule has 0 aliphatic carbocycles. The van der Waals surface area contributed by atoms with E-state index in [4.69, 9.17) is 19.3 Å². The third-order valence-corrected chi connectivity index (χ3v) is 3.94. The van der Waals surface area contributed by atoms with Crippen LogP contribution in [0.5, 0.6) is 11.5 Å². The minimum Gasteiger partial charge on any atom is -0.489 e. The Balaban J connectivity index is 1.69. The highest BCUT2D eigenvalue weighted by Crippen LogP contribution is 2.25. The molecular formula is C23H24O4. The molecule has 3 aromatic carbocycles. The summed E-state index contributed by atoms with van der Waals surface area (Å²) in [4.78, 5) is 0. The van der Waals surface area contributed by atoms with Gasteiger partial charge < -0.3 is 19.3 Å². The molecule has 0 amide bonds. The van der Waals surface area contributed by atoms with Gasteiger partial charge in [-0.2, -0.15) is 0 Å². The summed E-state index contributed by atoms with van der Waals surface area (Å²) in [6.45, 7) is 1.67. The van der Waals surface area contributed by atoms with Gasteiger partial charge in [0.2, 0.25) is 0 Å². The molecule has 0 heterocycles. The normalized spacial score (nSPS) is 10.6. The van der Waals surface area contributed by atoms with E-state index in [1.807, 2.05) is 78.9 Å². The van der Waals surface area contributed by atoms with Gasteiger partial charge in [-0.15, -0.1) is 0 Å². The van der Waals surface area contributed by atoms with Gasteiger partial charge in [-0.3, -0.25) is 0 Å². The predicted molar refractivity (Wildman–Crippen MR) is 105 cm³/mol. The Morgan fingerprint density at radius 1 is 0.593 bits per heavy atom. The Kier molecular flexibility index (Phi) is 7.27. The highest BCUT2D eigenvalue weighted by molar-refractivity contribution is 5.38. The van der Waals surface area contributed by atoms with Gasteiger partial charge in [-0.05, 0) is 28.8 Å². The standard InChI is InChI=1S/C23H24O4/c24-11-12-25-16-21-13-22(26-17-19-7-3-1-4-8-19)15-23(14-21)27-18-20-9-5-2-6-10-20/h1-10,13-15,24H,11-12,16-18H2. The summed E-state index contributed by atoms with van der Waals surface area (Å²) >= 11 is 0. The monoisotopic (exact) mass is 364 g/mol. The van der Waals surface area contributed by atoms with Crippen LogP contribution in [-0.4, -0.2) is 18.3 Å². The topological polar surface area (TPSA) is 47.9 Å². The molecule has 0 bridgehead atoms. The van der Waals surface area contributed by atoms with Crippen LogP contribution in [0, 0.1) is 0 Å². The average molecular weight is 364 g/mol. The van der Waals surface area contributed by atoms with Gasteiger partial charge in [0.05, 0.1) is 19.8 Å². The Morgan fingerprint density at radius 3 is 1.59 bits per heavy atom. The van der Waals surface area contributed by atoms with Crippen molar-refractivity contribution in [3.05, 3.63) is 95.6 Å². The Labute approximate surface area is 160 Å². The first-order valence-corrected chi connectivity index (χ1v) is 8.99. The number of rotatable bonds is 10. The number of aliphatic hydroxyl groups excluding tert-OH is 1. The van der Waals surface area contributed by atoms with Crippen LogP contribution in [0.15, 0.2) is 78.9 Å². The number of hydrogen-bond acceptors (Lipinski definition) is 4.